The summed E-state index contributed by atoms with van der Waals surface area (Å²) in [4.78, 5) is -0.163. The highest BCUT2D eigenvalue weighted by atomic mass is 35.5. The molecule has 112 valence electrons. The topological polar surface area (TPSA) is 80.4 Å². The van der Waals surface area contributed by atoms with E-state index in [4.69, 9.17) is 16.1 Å². The largest absolute Gasteiger partial charge is 0.505 e. The van der Waals surface area contributed by atoms with E-state index in [1.807, 2.05) is 0 Å². The fourth-order valence-corrected chi connectivity index (χ4v) is 3.37. The zero-order valence-electron chi connectivity index (χ0n) is 11.3. The maximum atomic E-state index is 11.5. The molecule has 1 heterocycles. The lowest BCUT2D eigenvalue weighted by molar-refractivity contribution is 0.383. The normalized spacial score (nSPS) is 15.3. The fraction of sp³-hybridized carbons (Fsp3) is 0.357. The summed E-state index contributed by atoms with van der Waals surface area (Å²) < 4.78 is 28.3. The summed E-state index contributed by atoms with van der Waals surface area (Å²) in [5.41, 5.74) is 1.57. The van der Waals surface area contributed by atoms with Gasteiger partial charge in [0.05, 0.1) is 11.2 Å². The molecule has 5 nitrogen and oxygen atoms in total. The molecule has 0 saturated heterocycles. The molecular weight excluding hydrogens is 314 g/mol. The Balaban J connectivity index is 1.96. The van der Waals surface area contributed by atoms with Crippen LogP contribution in [0.1, 0.15) is 35.6 Å². The molecule has 0 atom stereocenters. The highest BCUT2D eigenvalue weighted by Crippen LogP contribution is 2.43. The van der Waals surface area contributed by atoms with Crippen molar-refractivity contribution in [3.05, 3.63) is 40.2 Å². The number of hydrogen-bond acceptors (Lipinski definition) is 5. The zero-order valence-corrected chi connectivity index (χ0v) is 12.9. The highest BCUT2D eigenvalue weighted by molar-refractivity contribution is 7.90. The van der Waals surface area contributed by atoms with E-state index in [0.29, 0.717) is 17.9 Å². The number of phenols is 1. The van der Waals surface area contributed by atoms with Crippen molar-refractivity contribution in [1.29, 1.82) is 0 Å². The summed E-state index contributed by atoms with van der Waals surface area (Å²) in [5, 5.41) is 13.9. The van der Waals surface area contributed by atoms with Crippen molar-refractivity contribution in [3.8, 4) is 5.75 Å². The van der Waals surface area contributed by atoms with Gasteiger partial charge in [-0.1, -0.05) is 22.8 Å². The van der Waals surface area contributed by atoms with Gasteiger partial charge in [-0.05, 0) is 24.5 Å². The molecule has 3 rings (SSSR count). The summed E-state index contributed by atoms with van der Waals surface area (Å²) >= 11 is 6.10. The van der Waals surface area contributed by atoms with Crippen molar-refractivity contribution in [2.24, 2.45) is 0 Å². The number of benzene rings is 1. The second-order valence-corrected chi connectivity index (χ2v) is 7.69. The molecule has 0 bridgehead atoms. The van der Waals surface area contributed by atoms with Crippen LogP contribution in [0.3, 0.4) is 0 Å². The molecule has 0 spiro atoms. The van der Waals surface area contributed by atoms with Crippen molar-refractivity contribution in [3.63, 3.8) is 0 Å². The Morgan fingerprint density at radius 1 is 1.38 bits per heavy atom. The van der Waals surface area contributed by atoms with Crippen molar-refractivity contribution < 1.29 is 18.0 Å². The van der Waals surface area contributed by atoms with Crippen LogP contribution in [0.2, 0.25) is 5.02 Å². The average Bonchev–Trinajstić information content (AvgIpc) is 3.14. The Kier molecular flexibility index (Phi) is 3.45. The van der Waals surface area contributed by atoms with Crippen LogP contribution in [0.5, 0.6) is 5.75 Å². The molecule has 1 fully saturated rings. The van der Waals surface area contributed by atoms with Crippen LogP contribution < -0.4 is 0 Å². The Morgan fingerprint density at radius 3 is 2.71 bits per heavy atom. The maximum absolute atomic E-state index is 11.5. The van der Waals surface area contributed by atoms with E-state index in [9.17, 15) is 13.5 Å². The third-order valence-electron chi connectivity index (χ3n) is 3.56. The minimum atomic E-state index is -3.51. The van der Waals surface area contributed by atoms with Crippen LogP contribution in [-0.4, -0.2) is 24.9 Å². The maximum Gasteiger partial charge on any atom is 0.179 e. The molecule has 1 aromatic heterocycles. The molecule has 1 aromatic carbocycles. The molecule has 2 aromatic rings. The van der Waals surface area contributed by atoms with Gasteiger partial charge in [0.2, 0.25) is 0 Å². The van der Waals surface area contributed by atoms with Crippen molar-refractivity contribution in [1.82, 2.24) is 5.16 Å². The Bertz CT molecular complexity index is 793. The van der Waals surface area contributed by atoms with Crippen LogP contribution in [-0.2, 0) is 16.3 Å². The number of nitrogens with zero attached hydrogens (tertiary/aromatic N) is 1. The Labute approximate surface area is 127 Å². The molecule has 1 N–H and O–H groups in total. The van der Waals surface area contributed by atoms with Gasteiger partial charge >= 0.3 is 0 Å². The van der Waals surface area contributed by atoms with E-state index in [1.54, 1.807) is 12.3 Å². The van der Waals surface area contributed by atoms with E-state index in [0.717, 1.165) is 30.4 Å². The summed E-state index contributed by atoms with van der Waals surface area (Å²) in [6.45, 7) is 0. The predicted octanol–water partition coefficient (Wildman–Crippen LogP) is 2.91. The number of sulfone groups is 1. The predicted molar refractivity (Wildman–Crippen MR) is 77.5 cm³/mol. The number of halogens is 1. The number of aromatic nitrogens is 1. The fourth-order valence-electron chi connectivity index (χ4n) is 2.31. The standard InChI is InChI=1S/C14H14ClNO4S/c1-21(18,19)11-5-4-9(12(15)13(11)17)6-10-7-16-20-14(10)8-2-3-8/h4-5,7-8,17H,2-3,6H2,1H3. The minimum Gasteiger partial charge on any atom is -0.505 e. The molecular formula is C14H14ClNO4S. The Morgan fingerprint density at radius 2 is 2.10 bits per heavy atom. The minimum absolute atomic E-state index is 0.0564. The van der Waals surface area contributed by atoms with Gasteiger partial charge in [-0.15, -0.1) is 0 Å². The van der Waals surface area contributed by atoms with Gasteiger partial charge in [0.25, 0.3) is 0 Å². The van der Waals surface area contributed by atoms with Crippen molar-refractivity contribution in [2.45, 2.75) is 30.1 Å². The van der Waals surface area contributed by atoms with Gasteiger partial charge in [-0.25, -0.2) is 8.42 Å². The SMILES string of the molecule is CS(=O)(=O)c1ccc(Cc2cnoc2C2CC2)c(Cl)c1O. The summed E-state index contributed by atoms with van der Waals surface area (Å²) in [6, 6.07) is 2.98. The average molecular weight is 328 g/mol. The molecule has 0 amide bonds. The smallest absolute Gasteiger partial charge is 0.179 e. The molecule has 1 aliphatic carbocycles. The van der Waals surface area contributed by atoms with Crippen LogP contribution >= 0.6 is 11.6 Å². The first-order chi connectivity index (χ1) is 9.88. The quantitative estimate of drug-likeness (QED) is 0.933. The summed E-state index contributed by atoms with van der Waals surface area (Å²) in [5.74, 6) is 0.879. The van der Waals surface area contributed by atoms with E-state index in [1.165, 1.54) is 6.07 Å². The summed E-state index contributed by atoms with van der Waals surface area (Å²) in [6.07, 6.45) is 5.31. The molecule has 7 heteroatoms. The Hall–Kier alpha value is -1.53. The van der Waals surface area contributed by atoms with Gasteiger partial charge < -0.3 is 9.63 Å². The second kappa shape index (κ2) is 5.03. The molecule has 0 radical (unpaired) electrons. The number of rotatable bonds is 4. The summed E-state index contributed by atoms with van der Waals surface area (Å²) in [7, 11) is -3.51. The van der Waals surface area contributed by atoms with Gasteiger partial charge in [0.1, 0.15) is 10.7 Å². The van der Waals surface area contributed by atoms with E-state index in [-0.39, 0.29) is 9.92 Å². The first kappa shape index (κ1) is 14.4. The molecule has 21 heavy (non-hydrogen) atoms. The number of phenolic OH excluding ortho intramolecular Hbond substituents is 1. The lowest BCUT2D eigenvalue weighted by Crippen LogP contribution is -2.00. The lowest BCUT2D eigenvalue weighted by atomic mass is 10.0. The van der Waals surface area contributed by atoms with Crippen LogP contribution in [0.15, 0.2) is 27.7 Å². The van der Waals surface area contributed by atoms with E-state index in [2.05, 4.69) is 5.16 Å². The van der Waals surface area contributed by atoms with Crippen LogP contribution in [0, 0.1) is 0 Å². The molecule has 1 aliphatic rings. The van der Waals surface area contributed by atoms with Crippen molar-refractivity contribution >= 4 is 21.4 Å². The van der Waals surface area contributed by atoms with Gasteiger partial charge in [0.15, 0.2) is 15.6 Å². The lowest BCUT2D eigenvalue weighted by Gasteiger charge is -2.09. The molecule has 0 aliphatic heterocycles. The monoisotopic (exact) mass is 327 g/mol. The first-order valence-electron chi connectivity index (χ1n) is 6.51. The number of aromatic hydroxyl groups is 1. The zero-order chi connectivity index (χ0) is 15.2. The van der Waals surface area contributed by atoms with Crippen LogP contribution in [0.25, 0.3) is 0 Å². The van der Waals surface area contributed by atoms with Gasteiger partial charge in [-0.2, -0.15) is 0 Å². The van der Waals surface area contributed by atoms with E-state index < -0.39 is 15.6 Å². The van der Waals surface area contributed by atoms with Crippen LogP contribution in [0.4, 0.5) is 0 Å². The third-order valence-corrected chi connectivity index (χ3v) is 5.11. The second-order valence-electron chi connectivity index (χ2n) is 5.32. The number of hydrogen-bond donors (Lipinski definition) is 1. The van der Waals surface area contributed by atoms with Gasteiger partial charge in [-0.3, -0.25) is 0 Å². The van der Waals surface area contributed by atoms with Gasteiger partial charge in [0, 0.05) is 24.2 Å². The highest BCUT2D eigenvalue weighted by Gasteiger charge is 2.30. The molecule has 1 saturated carbocycles. The molecule has 0 unspecified atom stereocenters. The van der Waals surface area contributed by atoms with E-state index >= 15 is 0 Å². The van der Waals surface area contributed by atoms with Crippen molar-refractivity contribution in [2.75, 3.05) is 6.26 Å². The third kappa shape index (κ3) is 2.78. The first-order valence-corrected chi connectivity index (χ1v) is 8.78.